The molecule has 3 heterocycles. The fourth-order valence-electron chi connectivity index (χ4n) is 4.13. The number of hydrogen-bond donors (Lipinski definition) is 6. The molecule has 0 unspecified atom stereocenters. The molecule has 0 spiro atoms. The Morgan fingerprint density at radius 3 is 2.46 bits per heavy atom. The van der Waals surface area contributed by atoms with Crippen molar-refractivity contribution in [2.45, 2.75) is 38.9 Å². The van der Waals surface area contributed by atoms with Gasteiger partial charge >= 0.3 is 17.8 Å². The summed E-state index contributed by atoms with van der Waals surface area (Å²) < 4.78 is 48.3. The van der Waals surface area contributed by atoms with Crippen LogP contribution in [0.3, 0.4) is 0 Å². The maximum Gasteiger partial charge on any atom is 0.490 e. The lowest BCUT2D eigenvalue weighted by Crippen LogP contribution is -2.34. The number of fused-ring (bicyclic) bond motifs is 1. The largest absolute Gasteiger partial charge is 0.493 e. The van der Waals surface area contributed by atoms with Crippen LogP contribution in [0.15, 0.2) is 40.2 Å². The van der Waals surface area contributed by atoms with Crippen molar-refractivity contribution in [1.82, 2.24) is 34.8 Å². The van der Waals surface area contributed by atoms with Gasteiger partial charge in [-0.25, -0.2) is 19.0 Å². The third-order valence-electron chi connectivity index (χ3n) is 6.72. The van der Waals surface area contributed by atoms with Crippen molar-refractivity contribution in [3.8, 4) is 5.88 Å². The van der Waals surface area contributed by atoms with E-state index in [1.54, 1.807) is 16.6 Å². The van der Waals surface area contributed by atoms with E-state index in [1.807, 2.05) is 0 Å². The zero-order chi connectivity index (χ0) is 33.6. The number of aliphatic carboxylic acids is 1. The molecule has 1 saturated carbocycles. The van der Waals surface area contributed by atoms with Crippen LogP contribution in [0.1, 0.15) is 42.7 Å². The van der Waals surface area contributed by atoms with Crippen molar-refractivity contribution in [3.05, 3.63) is 68.7 Å². The molecule has 1 aromatic carbocycles. The topological polar surface area (TPSA) is 193 Å². The number of benzene rings is 1. The van der Waals surface area contributed by atoms with Crippen molar-refractivity contribution in [2.24, 2.45) is 4.99 Å². The van der Waals surface area contributed by atoms with Gasteiger partial charge in [0.2, 0.25) is 5.88 Å². The minimum Gasteiger partial charge on any atom is -0.493 e. The summed E-state index contributed by atoms with van der Waals surface area (Å²) in [4.78, 5) is 49.2. The summed E-state index contributed by atoms with van der Waals surface area (Å²) in [5.74, 6) is -3.70. The first kappa shape index (κ1) is 33.6. The zero-order valence-corrected chi connectivity index (χ0v) is 24.7. The highest BCUT2D eigenvalue weighted by Crippen LogP contribution is 2.23. The van der Waals surface area contributed by atoms with Gasteiger partial charge in [-0.1, -0.05) is 13.8 Å². The molecule has 4 aromatic rings. The lowest BCUT2D eigenvalue weighted by Gasteiger charge is -2.18. The molecular weight excluding hydrogens is 618 g/mol. The molecule has 46 heavy (non-hydrogen) atoms. The molecular formula is C28H31F4N9O5. The van der Waals surface area contributed by atoms with E-state index in [1.165, 1.54) is 24.4 Å². The van der Waals surface area contributed by atoms with E-state index in [4.69, 9.17) is 14.9 Å². The molecule has 18 heteroatoms. The number of rotatable bonds is 10. The molecule has 0 bridgehead atoms. The number of nitrogens with one attached hydrogen (secondary N) is 4. The maximum absolute atomic E-state index is 15.1. The summed E-state index contributed by atoms with van der Waals surface area (Å²) in [5.41, 5.74) is 0.908. The van der Waals surface area contributed by atoms with E-state index >= 15 is 4.39 Å². The summed E-state index contributed by atoms with van der Waals surface area (Å²) in [6.45, 7) is 7.09. The third kappa shape index (κ3) is 8.68. The number of aromatic amines is 2. The fraction of sp³-hybridized carbons (Fsp3) is 0.357. The van der Waals surface area contributed by atoms with Crippen molar-refractivity contribution in [2.75, 3.05) is 31.5 Å². The van der Waals surface area contributed by atoms with E-state index in [2.05, 4.69) is 49.4 Å². The average Bonchev–Trinajstić information content (AvgIpc) is 3.63. The van der Waals surface area contributed by atoms with Gasteiger partial charge in [-0.2, -0.15) is 22.8 Å². The Hall–Kier alpha value is -5.26. The van der Waals surface area contributed by atoms with Crippen LogP contribution < -0.4 is 27.0 Å². The van der Waals surface area contributed by atoms with E-state index in [-0.39, 0.29) is 34.8 Å². The second kappa shape index (κ2) is 14.2. The van der Waals surface area contributed by atoms with E-state index in [9.17, 15) is 27.9 Å². The van der Waals surface area contributed by atoms with Crippen LogP contribution in [-0.2, 0) is 4.79 Å². The van der Waals surface area contributed by atoms with Crippen LogP contribution >= 0.6 is 0 Å². The molecule has 1 fully saturated rings. The van der Waals surface area contributed by atoms with Crippen LogP contribution in [0.25, 0.3) is 11.7 Å². The number of hydrogen-bond acceptors (Lipinski definition) is 9. The van der Waals surface area contributed by atoms with Gasteiger partial charge in [0.25, 0.3) is 5.91 Å². The van der Waals surface area contributed by atoms with Gasteiger partial charge in [0.1, 0.15) is 17.3 Å². The van der Waals surface area contributed by atoms with Crippen LogP contribution in [0.5, 0.6) is 5.88 Å². The summed E-state index contributed by atoms with van der Waals surface area (Å²) in [6, 6.07) is 6.08. The summed E-state index contributed by atoms with van der Waals surface area (Å²) in [6.07, 6.45) is -0.0742. The highest BCUT2D eigenvalue weighted by Gasteiger charge is 2.38. The van der Waals surface area contributed by atoms with Crippen LogP contribution in [-0.4, -0.2) is 90.0 Å². The number of amides is 1. The number of alkyl halides is 3. The Kier molecular flexibility index (Phi) is 10.4. The number of aromatic nitrogens is 5. The molecule has 5 rings (SSSR count). The predicted molar refractivity (Wildman–Crippen MR) is 157 cm³/mol. The number of aromatic hydroxyl groups is 1. The van der Waals surface area contributed by atoms with Crippen molar-refractivity contribution >= 4 is 35.1 Å². The molecule has 6 N–H and O–H groups in total. The zero-order valence-electron chi connectivity index (χ0n) is 24.7. The second-order valence-corrected chi connectivity index (χ2v) is 10.1. The van der Waals surface area contributed by atoms with E-state index in [0.29, 0.717) is 28.7 Å². The third-order valence-corrected chi connectivity index (χ3v) is 6.72. The molecule has 1 aliphatic carbocycles. The monoisotopic (exact) mass is 649 g/mol. The quantitative estimate of drug-likeness (QED) is 0.139. The van der Waals surface area contributed by atoms with Gasteiger partial charge in [0.15, 0.2) is 11.1 Å². The lowest BCUT2D eigenvalue weighted by atomic mass is 10.2. The highest BCUT2D eigenvalue weighted by molar-refractivity contribution is 5.94. The average molecular weight is 650 g/mol. The first-order valence-corrected chi connectivity index (χ1v) is 14.1. The molecule has 0 aliphatic heterocycles. The number of halogens is 4. The Morgan fingerprint density at radius 1 is 1.20 bits per heavy atom. The van der Waals surface area contributed by atoms with E-state index < -0.39 is 23.7 Å². The number of likely N-dealkylation sites (N-methyl/N-ethyl adjacent to an activating group) is 1. The smallest absolute Gasteiger partial charge is 0.490 e. The molecule has 14 nitrogen and oxygen atoms in total. The Bertz CT molecular complexity index is 1890. The summed E-state index contributed by atoms with van der Waals surface area (Å²) in [7, 11) is 0. The number of carbonyl (C=O) groups excluding carboxylic acids is 1. The SMILES string of the molecule is CCN(CC)CCNC(=O)c1ccc(Nc2cc(=NC3CC3)n3ncc(=Cc4[nH]c(=O)[nH]c4O)c3n2)c(F)c1.O=C(O)C(F)(F)F. The Balaban J connectivity index is 0.000000617. The number of anilines is 2. The van der Waals surface area contributed by atoms with Crippen LogP contribution in [0.4, 0.5) is 29.1 Å². The first-order valence-electron chi connectivity index (χ1n) is 14.1. The molecule has 0 radical (unpaired) electrons. The summed E-state index contributed by atoms with van der Waals surface area (Å²) in [5, 5.41) is 27.8. The van der Waals surface area contributed by atoms with Crippen LogP contribution in [0, 0.1) is 5.82 Å². The molecule has 1 amide bonds. The van der Waals surface area contributed by atoms with Gasteiger partial charge in [0.05, 0.1) is 17.9 Å². The second-order valence-electron chi connectivity index (χ2n) is 10.1. The first-order chi connectivity index (χ1) is 21.8. The van der Waals surface area contributed by atoms with Crippen molar-refractivity contribution in [1.29, 1.82) is 0 Å². The normalized spacial score (nSPS) is 14.0. The molecule has 3 aromatic heterocycles. The number of nitrogens with zero attached hydrogens (tertiary/aromatic N) is 5. The standard InChI is InChI=1S/C26H30FN9O3.C2HF3O2/c1-3-35(4-2)10-9-28-24(37)15-5-8-19(18(27)11-15)31-21-13-22(30-17-6-7-17)36-23(33-21)16(14-29-36)12-20-25(38)34-26(39)32-20;3-2(4,5)1(6)7/h5,8,11-14,17,31,38H,3-4,6-7,9-10H2,1-2H3,(H,28,37)(H2,32,34,39);(H,6,7). The number of imidazole rings is 1. The fourth-order valence-corrected chi connectivity index (χ4v) is 4.13. The van der Waals surface area contributed by atoms with Gasteiger partial charge in [-0.3, -0.25) is 14.8 Å². The minimum absolute atomic E-state index is 0.140. The van der Waals surface area contributed by atoms with Gasteiger partial charge in [0, 0.05) is 29.9 Å². The minimum atomic E-state index is -5.08. The van der Waals surface area contributed by atoms with Crippen LogP contribution in [0.2, 0.25) is 0 Å². The Labute approximate surface area is 257 Å². The molecule has 1 aliphatic rings. The van der Waals surface area contributed by atoms with Crippen molar-refractivity contribution in [3.63, 3.8) is 0 Å². The number of H-pyrrole nitrogens is 2. The molecule has 246 valence electrons. The Morgan fingerprint density at radius 2 is 1.89 bits per heavy atom. The number of carboxylic acid groups (broad SMARTS) is 1. The predicted octanol–water partition coefficient (Wildman–Crippen LogP) is 1.65. The number of carbonyl (C=O) groups is 2. The highest BCUT2D eigenvalue weighted by atomic mass is 19.4. The van der Waals surface area contributed by atoms with Gasteiger partial charge in [-0.05, 0) is 50.2 Å². The van der Waals surface area contributed by atoms with Gasteiger partial charge in [-0.15, -0.1) is 0 Å². The van der Waals surface area contributed by atoms with Crippen molar-refractivity contribution < 1.29 is 37.4 Å². The summed E-state index contributed by atoms with van der Waals surface area (Å²) >= 11 is 0. The molecule has 0 saturated heterocycles. The number of carboxylic acids is 1. The van der Waals surface area contributed by atoms with Gasteiger partial charge < -0.3 is 30.7 Å². The maximum atomic E-state index is 15.1. The lowest BCUT2D eigenvalue weighted by molar-refractivity contribution is -0.192. The van der Waals surface area contributed by atoms with E-state index in [0.717, 1.165) is 32.5 Å². The molecule has 0 atom stereocenters.